The third-order valence-electron chi connectivity index (χ3n) is 6.22. The van der Waals surface area contributed by atoms with E-state index in [9.17, 15) is 4.79 Å². The van der Waals surface area contributed by atoms with Crippen LogP contribution in [0.15, 0.2) is 103 Å². The quantitative estimate of drug-likeness (QED) is 0.177. The maximum absolute atomic E-state index is 11.5. The van der Waals surface area contributed by atoms with Gasteiger partial charge in [-0.25, -0.2) is 0 Å². The van der Waals surface area contributed by atoms with Crippen molar-refractivity contribution in [3.63, 3.8) is 0 Å². The highest BCUT2D eigenvalue weighted by molar-refractivity contribution is 5.88. The van der Waals surface area contributed by atoms with Crippen LogP contribution in [0.5, 0.6) is 0 Å². The van der Waals surface area contributed by atoms with E-state index >= 15 is 0 Å². The molecule has 0 aliphatic heterocycles. The largest absolute Gasteiger partial charge is 0.479 e. The molecule has 0 bridgehead atoms. The molecule has 0 spiro atoms. The molecule has 0 fully saturated rings. The summed E-state index contributed by atoms with van der Waals surface area (Å²) < 4.78 is 5.12. The van der Waals surface area contributed by atoms with Gasteiger partial charge in [0.1, 0.15) is 6.61 Å². The van der Waals surface area contributed by atoms with E-state index in [-0.39, 0.29) is 5.91 Å². The van der Waals surface area contributed by atoms with Gasteiger partial charge in [-0.2, -0.15) is 0 Å². The van der Waals surface area contributed by atoms with E-state index in [4.69, 9.17) is 10.1 Å². The summed E-state index contributed by atoms with van der Waals surface area (Å²) in [6.45, 7) is 4.11. The molecule has 4 rings (SSSR count). The molecule has 34 heavy (non-hydrogen) atoms. The first-order chi connectivity index (χ1) is 16.5. The molecular formula is C30H28N2O2. The van der Waals surface area contributed by atoms with E-state index in [0.717, 1.165) is 28.8 Å². The summed E-state index contributed by atoms with van der Waals surface area (Å²) in [7, 11) is 0. The number of hydrogen-bond acceptors (Lipinski definition) is 3. The van der Waals surface area contributed by atoms with Gasteiger partial charge in [-0.15, -0.1) is 0 Å². The number of nitrogens with one attached hydrogen (secondary N) is 2. The lowest BCUT2D eigenvalue weighted by molar-refractivity contribution is -0.114. The zero-order chi connectivity index (χ0) is 24.0. The molecule has 0 saturated carbocycles. The van der Waals surface area contributed by atoms with Crippen molar-refractivity contribution in [2.45, 2.75) is 25.9 Å². The summed E-state index contributed by atoms with van der Waals surface area (Å²) in [6.07, 6.45) is 0.961. The van der Waals surface area contributed by atoms with Gasteiger partial charge in [-0.05, 0) is 52.4 Å². The summed E-state index contributed by atoms with van der Waals surface area (Å²) in [6, 6.07) is 35.4. The van der Waals surface area contributed by atoms with E-state index in [2.05, 4.69) is 72.9 Å². The SMILES string of the molecule is CC(=O)Nc1ccc(C(C)(c2ccc(COC=N)cc2)c2ccc(-c3ccccc3)cc2)cc1. The monoisotopic (exact) mass is 448 g/mol. The van der Waals surface area contributed by atoms with Gasteiger partial charge in [0.2, 0.25) is 5.91 Å². The molecule has 1 amide bonds. The molecule has 1 atom stereocenters. The Bertz CT molecular complexity index is 1250. The second-order valence-corrected chi connectivity index (χ2v) is 8.45. The summed E-state index contributed by atoms with van der Waals surface area (Å²) in [5.41, 5.74) is 7.17. The Morgan fingerprint density at radius 2 is 1.29 bits per heavy atom. The molecular weight excluding hydrogens is 420 g/mol. The molecule has 4 aromatic rings. The fourth-order valence-electron chi connectivity index (χ4n) is 4.29. The summed E-state index contributed by atoms with van der Waals surface area (Å²) in [5, 5.41) is 9.93. The molecule has 4 aromatic carbocycles. The number of carbonyl (C=O) groups excluding carboxylic acids is 1. The predicted molar refractivity (Wildman–Crippen MR) is 138 cm³/mol. The Labute approximate surface area is 200 Å². The lowest BCUT2D eigenvalue weighted by Gasteiger charge is -2.32. The molecule has 0 saturated heterocycles. The molecule has 2 N–H and O–H groups in total. The van der Waals surface area contributed by atoms with E-state index < -0.39 is 5.41 Å². The molecule has 0 aromatic heterocycles. The number of ether oxygens (including phenoxy) is 1. The topological polar surface area (TPSA) is 62.2 Å². The van der Waals surface area contributed by atoms with Gasteiger partial charge in [0.05, 0.1) is 0 Å². The number of benzene rings is 4. The first-order valence-electron chi connectivity index (χ1n) is 11.2. The van der Waals surface area contributed by atoms with Crippen molar-refractivity contribution in [2.75, 3.05) is 5.32 Å². The van der Waals surface area contributed by atoms with Crippen molar-refractivity contribution < 1.29 is 9.53 Å². The van der Waals surface area contributed by atoms with Gasteiger partial charge in [0, 0.05) is 18.0 Å². The summed E-state index contributed by atoms with van der Waals surface area (Å²) >= 11 is 0. The zero-order valence-corrected chi connectivity index (χ0v) is 19.4. The second kappa shape index (κ2) is 10.2. The van der Waals surface area contributed by atoms with Gasteiger partial charge < -0.3 is 10.1 Å². The minimum Gasteiger partial charge on any atom is -0.479 e. The van der Waals surface area contributed by atoms with Crippen LogP contribution in [-0.2, 0) is 21.6 Å². The molecule has 0 heterocycles. The molecule has 4 nitrogen and oxygen atoms in total. The number of carbonyl (C=O) groups is 1. The average molecular weight is 449 g/mol. The maximum Gasteiger partial charge on any atom is 0.221 e. The lowest BCUT2D eigenvalue weighted by atomic mass is 9.70. The molecule has 1 unspecified atom stereocenters. The van der Waals surface area contributed by atoms with Crippen molar-refractivity contribution in [2.24, 2.45) is 0 Å². The standard InChI is InChI=1S/C30H28N2O2/c1-22(33)32-29-18-16-28(17-19-29)30(2,26-12-8-23(9-13-26)20-34-21-31)27-14-10-25(11-15-27)24-6-4-3-5-7-24/h3-19,21,31H,20H2,1-2H3,(H,32,33). The Morgan fingerprint density at radius 1 is 0.794 bits per heavy atom. The molecule has 0 aliphatic carbocycles. The number of amides is 1. The first-order valence-corrected chi connectivity index (χ1v) is 11.2. The predicted octanol–water partition coefficient (Wildman–Crippen LogP) is 6.79. The first kappa shape index (κ1) is 23.0. The van der Waals surface area contributed by atoms with Crippen LogP contribution in [0.4, 0.5) is 5.69 Å². The Morgan fingerprint density at radius 3 is 1.82 bits per heavy atom. The highest BCUT2D eigenvalue weighted by Crippen LogP contribution is 2.40. The van der Waals surface area contributed by atoms with Crippen molar-refractivity contribution in [3.05, 3.63) is 125 Å². The lowest BCUT2D eigenvalue weighted by Crippen LogP contribution is -2.25. The normalized spacial score (nSPS) is 12.4. The third-order valence-corrected chi connectivity index (χ3v) is 6.22. The summed E-state index contributed by atoms with van der Waals surface area (Å²) in [5.74, 6) is -0.0882. The van der Waals surface area contributed by atoms with Crippen LogP contribution < -0.4 is 5.32 Å². The van der Waals surface area contributed by atoms with Crippen LogP contribution in [-0.4, -0.2) is 12.3 Å². The van der Waals surface area contributed by atoms with Gasteiger partial charge in [-0.3, -0.25) is 10.2 Å². The van der Waals surface area contributed by atoms with E-state index in [1.165, 1.54) is 23.6 Å². The minimum atomic E-state index is -0.412. The van der Waals surface area contributed by atoms with Crippen LogP contribution in [0.1, 0.15) is 36.1 Å². The van der Waals surface area contributed by atoms with Crippen LogP contribution in [0.2, 0.25) is 0 Å². The van der Waals surface area contributed by atoms with Gasteiger partial charge in [0.15, 0.2) is 6.40 Å². The Kier molecular flexibility index (Phi) is 6.88. The highest BCUT2D eigenvalue weighted by Gasteiger charge is 2.31. The maximum atomic E-state index is 11.5. The van der Waals surface area contributed by atoms with E-state index in [1.54, 1.807) is 0 Å². The molecule has 170 valence electrons. The smallest absolute Gasteiger partial charge is 0.221 e. The Hall–Kier alpha value is -4.18. The number of anilines is 1. The van der Waals surface area contributed by atoms with Crippen molar-refractivity contribution in [3.8, 4) is 11.1 Å². The number of hydrogen-bond donors (Lipinski definition) is 2. The fourth-order valence-corrected chi connectivity index (χ4v) is 4.29. The van der Waals surface area contributed by atoms with Gasteiger partial charge in [-0.1, -0.05) is 91.0 Å². The second-order valence-electron chi connectivity index (χ2n) is 8.45. The minimum absolute atomic E-state index is 0.0882. The van der Waals surface area contributed by atoms with Crippen molar-refractivity contribution >= 4 is 18.0 Å². The van der Waals surface area contributed by atoms with E-state index in [0.29, 0.717) is 6.61 Å². The van der Waals surface area contributed by atoms with Crippen LogP contribution >= 0.6 is 0 Å². The van der Waals surface area contributed by atoms with Crippen LogP contribution in [0, 0.1) is 5.41 Å². The third kappa shape index (κ3) is 4.91. The zero-order valence-electron chi connectivity index (χ0n) is 19.4. The van der Waals surface area contributed by atoms with Crippen molar-refractivity contribution in [1.82, 2.24) is 0 Å². The molecule has 0 aliphatic rings. The summed E-state index contributed by atoms with van der Waals surface area (Å²) in [4.78, 5) is 11.5. The highest BCUT2D eigenvalue weighted by atomic mass is 16.5. The van der Waals surface area contributed by atoms with Crippen molar-refractivity contribution in [1.29, 1.82) is 5.41 Å². The van der Waals surface area contributed by atoms with Crippen LogP contribution in [0.3, 0.4) is 0 Å². The Balaban J connectivity index is 1.76. The number of rotatable bonds is 8. The molecule has 0 radical (unpaired) electrons. The van der Waals surface area contributed by atoms with Gasteiger partial charge in [0.25, 0.3) is 0 Å². The fraction of sp³-hybridized carbons (Fsp3) is 0.133. The van der Waals surface area contributed by atoms with Gasteiger partial charge >= 0.3 is 0 Å². The average Bonchev–Trinajstić information content (AvgIpc) is 2.88. The van der Waals surface area contributed by atoms with E-state index in [1.807, 2.05) is 42.5 Å². The molecule has 4 heteroatoms. The van der Waals surface area contributed by atoms with Crippen LogP contribution in [0.25, 0.3) is 11.1 Å².